The minimum Gasteiger partial charge on any atom is -0.465 e. The molecule has 126 valence electrons. The summed E-state index contributed by atoms with van der Waals surface area (Å²) in [6.07, 6.45) is 0. The summed E-state index contributed by atoms with van der Waals surface area (Å²) in [5, 5.41) is 17.4. The fourth-order valence-corrected chi connectivity index (χ4v) is 3.36. The first-order valence-corrected chi connectivity index (χ1v) is 8.06. The summed E-state index contributed by atoms with van der Waals surface area (Å²) >= 11 is 6.61. The minimum absolute atomic E-state index is 0.0409. The number of nitrogens with zero attached hydrogens (tertiary/aromatic N) is 1. The van der Waals surface area contributed by atoms with Gasteiger partial charge in [0.25, 0.3) is 5.69 Å². The number of esters is 1. The van der Waals surface area contributed by atoms with Crippen LogP contribution in [0.4, 0.5) is 16.4 Å². The number of ether oxygens (including phenoxy) is 1. The Morgan fingerprint density at radius 1 is 1.33 bits per heavy atom. The Labute approximate surface area is 147 Å². The second kappa shape index (κ2) is 7.37. The predicted octanol–water partition coefficient (Wildman–Crippen LogP) is 3.87. The number of thiocarbonyl (C=S) groups is 1. The van der Waals surface area contributed by atoms with E-state index in [1.54, 1.807) is 12.1 Å². The lowest BCUT2D eigenvalue weighted by atomic mass is 10.1. The van der Waals surface area contributed by atoms with E-state index in [9.17, 15) is 14.9 Å². The van der Waals surface area contributed by atoms with Crippen molar-refractivity contribution in [1.82, 2.24) is 0 Å². The highest BCUT2D eigenvalue weighted by molar-refractivity contribution is 7.80. The van der Waals surface area contributed by atoms with Crippen LogP contribution in [-0.4, -0.2) is 23.1 Å². The summed E-state index contributed by atoms with van der Waals surface area (Å²) in [4.78, 5) is 23.2. The molecule has 0 saturated heterocycles. The molecule has 9 heteroatoms. The van der Waals surface area contributed by atoms with Gasteiger partial charge in [-0.05, 0) is 37.7 Å². The summed E-state index contributed by atoms with van der Waals surface area (Å²) in [6.45, 7) is 3.73. The monoisotopic (exact) mass is 365 g/mol. The number of hydrogen-bond acceptors (Lipinski definition) is 6. The van der Waals surface area contributed by atoms with Crippen LogP contribution in [-0.2, 0) is 4.74 Å². The first kappa shape index (κ1) is 17.8. The maximum absolute atomic E-state index is 11.9. The average molecular weight is 365 g/mol. The fourth-order valence-electron chi connectivity index (χ4n) is 2.03. The van der Waals surface area contributed by atoms with E-state index in [4.69, 9.17) is 17.0 Å². The van der Waals surface area contributed by atoms with E-state index in [1.165, 1.54) is 30.6 Å². The molecule has 0 saturated carbocycles. The summed E-state index contributed by atoms with van der Waals surface area (Å²) < 4.78 is 4.80. The largest absolute Gasteiger partial charge is 0.465 e. The van der Waals surface area contributed by atoms with Crippen molar-refractivity contribution >= 4 is 51.0 Å². The minimum atomic E-state index is -0.483. The molecule has 0 amide bonds. The molecule has 0 unspecified atom stereocenters. The Kier molecular flexibility index (Phi) is 5.47. The van der Waals surface area contributed by atoms with Gasteiger partial charge in [0.15, 0.2) is 5.11 Å². The van der Waals surface area contributed by atoms with E-state index in [0.29, 0.717) is 16.3 Å². The van der Waals surface area contributed by atoms with Gasteiger partial charge in [-0.2, -0.15) is 0 Å². The van der Waals surface area contributed by atoms with Crippen molar-refractivity contribution in [3.63, 3.8) is 0 Å². The number of rotatable bonds is 4. The van der Waals surface area contributed by atoms with Crippen LogP contribution in [0.5, 0.6) is 0 Å². The van der Waals surface area contributed by atoms with Crippen LogP contribution in [0.3, 0.4) is 0 Å². The highest BCUT2D eigenvalue weighted by Gasteiger charge is 2.20. The van der Waals surface area contributed by atoms with E-state index >= 15 is 0 Å². The third-order valence-electron chi connectivity index (χ3n) is 3.32. The molecule has 1 heterocycles. The fraction of sp³-hybridized carbons (Fsp3) is 0.200. The molecular weight excluding hydrogens is 350 g/mol. The Hall–Kier alpha value is -2.52. The zero-order valence-electron chi connectivity index (χ0n) is 13.2. The van der Waals surface area contributed by atoms with Crippen LogP contribution in [0.25, 0.3) is 0 Å². The van der Waals surface area contributed by atoms with Gasteiger partial charge in [-0.25, -0.2) is 4.79 Å². The number of anilines is 2. The van der Waals surface area contributed by atoms with Gasteiger partial charge in [0, 0.05) is 22.7 Å². The number of methoxy groups -OCH3 is 1. The molecule has 7 nitrogen and oxygen atoms in total. The van der Waals surface area contributed by atoms with Crippen LogP contribution >= 0.6 is 23.6 Å². The molecule has 0 aliphatic rings. The average Bonchev–Trinajstić information content (AvgIpc) is 2.81. The summed E-state index contributed by atoms with van der Waals surface area (Å²) in [7, 11) is 1.32. The van der Waals surface area contributed by atoms with Crippen LogP contribution in [0.15, 0.2) is 24.3 Å². The maximum atomic E-state index is 11.9. The second-order valence-electron chi connectivity index (χ2n) is 4.87. The molecule has 2 N–H and O–H groups in total. The van der Waals surface area contributed by atoms with Crippen molar-refractivity contribution in [2.45, 2.75) is 13.8 Å². The lowest BCUT2D eigenvalue weighted by Crippen LogP contribution is -2.20. The topological polar surface area (TPSA) is 93.5 Å². The normalized spacial score (nSPS) is 10.1. The third kappa shape index (κ3) is 3.87. The zero-order valence-corrected chi connectivity index (χ0v) is 14.8. The van der Waals surface area contributed by atoms with Crippen LogP contribution in [0, 0.1) is 24.0 Å². The summed E-state index contributed by atoms with van der Waals surface area (Å²) in [5.41, 5.74) is 1.70. The van der Waals surface area contributed by atoms with Crippen molar-refractivity contribution < 1.29 is 14.5 Å². The van der Waals surface area contributed by atoms with Crippen molar-refractivity contribution in [3.8, 4) is 0 Å². The summed E-state index contributed by atoms with van der Waals surface area (Å²) in [5.74, 6) is -0.447. The van der Waals surface area contributed by atoms with Crippen LogP contribution in [0.1, 0.15) is 20.8 Å². The zero-order chi connectivity index (χ0) is 17.9. The highest BCUT2D eigenvalue weighted by atomic mass is 32.1. The SMILES string of the molecule is COC(=O)c1c(NC(=S)Nc2cccc([N+](=O)[O-])c2)sc(C)c1C. The number of thiophene rings is 1. The number of nitro groups is 1. The van der Waals surface area contributed by atoms with E-state index in [2.05, 4.69) is 10.6 Å². The van der Waals surface area contributed by atoms with Gasteiger partial charge in [-0.1, -0.05) is 6.07 Å². The van der Waals surface area contributed by atoms with Crippen molar-refractivity contribution in [2.24, 2.45) is 0 Å². The van der Waals surface area contributed by atoms with E-state index in [0.717, 1.165) is 10.4 Å². The van der Waals surface area contributed by atoms with Gasteiger partial charge in [-0.3, -0.25) is 10.1 Å². The number of non-ortho nitro benzene ring substituents is 1. The number of carbonyl (C=O) groups excluding carboxylic acids is 1. The number of nitrogens with one attached hydrogen (secondary N) is 2. The molecule has 24 heavy (non-hydrogen) atoms. The molecule has 2 rings (SSSR count). The van der Waals surface area contributed by atoms with E-state index in [1.807, 2.05) is 13.8 Å². The molecule has 0 fully saturated rings. The lowest BCUT2D eigenvalue weighted by Gasteiger charge is -2.10. The first-order chi connectivity index (χ1) is 11.3. The predicted molar refractivity (Wildman–Crippen MR) is 98.1 cm³/mol. The van der Waals surface area contributed by atoms with Crippen molar-refractivity contribution in [3.05, 3.63) is 50.4 Å². The van der Waals surface area contributed by atoms with Crippen molar-refractivity contribution in [1.29, 1.82) is 0 Å². The quantitative estimate of drug-likeness (QED) is 0.368. The van der Waals surface area contributed by atoms with Gasteiger partial charge in [0.2, 0.25) is 0 Å². The molecule has 0 radical (unpaired) electrons. The van der Waals surface area contributed by atoms with Crippen LogP contribution in [0.2, 0.25) is 0 Å². The highest BCUT2D eigenvalue weighted by Crippen LogP contribution is 2.33. The number of aryl methyl sites for hydroxylation is 1. The standard InChI is InChI=1S/C15H15N3O4S2/c1-8-9(2)24-13(12(8)14(19)22-3)17-15(23)16-10-5-4-6-11(7-10)18(20)21/h4-7H,1-3H3,(H2,16,17,23). The van der Waals surface area contributed by atoms with Gasteiger partial charge in [-0.15, -0.1) is 11.3 Å². The van der Waals surface area contributed by atoms with Gasteiger partial charge in [0.1, 0.15) is 5.00 Å². The molecule has 0 aliphatic heterocycles. The van der Waals surface area contributed by atoms with E-state index < -0.39 is 10.9 Å². The van der Waals surface area contributed by atoms with Crippen molar-refractivity contribution in [2.75, 3.05) is 17.7 Å². The van der Waals surface area contributed by atoms with Gasteiger partial charge >= 0.3 is 5.97 Å². The Balaban J connectivity index is 2.19. The Morgan fingerprint density at radius 3 is 2.67 bits per heavy atom. The molecule has 1 aromatic heterocycles. The number of carbonyl (C=O) groups is 1. The lowest BCUT2D eigenvalue weighted by molar-refractivity contribution is -0.384. The summed E-state index contributed by atoms with van der Waals surface area (Å²) in [6, 6.07) is 5.98. The number of nitro benzene ring substituents is 1. The third-order valence-corrected chi connectivity index (χ3v) is 4.64. The molecule has 0 spiro atoms. The molecule has 2 aromatic rings. The Morgan fingerprint density at radius 2 is 2.04 bits per heavy atom. The molecule has 0 atom stereocenters. The first-order valence-electron chi connectivity index (χ1n) is 6.84. The molecular formula is C15H15N3O4S2. The molecule has 1 aromatic carbocycles. The maximum Gasteiger partial charge on any atom is 0.341 e. The van der Waals surface area contributed by atoms with Gasteiger partial charge < -0.3 is 15.4 Å². The number of benzene rings is 1. The van der Waals surface area contributed by atoms with Crippen LogP contribution < -0.4 is 10.6 Å². The second-order valence-corrected chi connectivity index (χ2v) is 6.50. The number of hydrogen-bond donors (Lipinski definition) is 2. The smallest absolute Gasteiger partial charge is 0.341 e. The van der Waals surface area contributed by atoms with Gasteiger partial charge in [0.05, 0.1) is 17.6 Å². The molecule has 0 bridgehead atoms. The van der Waals surface area contributed by atoms with E-state index in [-0.39, 0.29) is 10.8 Å². The Bertz CT molecular complexity index is 817. The molecule has 0 aliphatic carbocycles.